The number of hydrogen-bond acceptors (Lipinski definition) is 4. The van der Waals surface area contributed by atoms with E-state index in [2.05, 4.69) is 10.3 Å². The zero-order valence-corrected chi connectivity index (χ0v) is 6.12. The molecular weight excluding hydrogens is 157 g/mol. The van der Waals surface area contributed by atoms with Crippen LogP contribution in [0.5, 0.6) is 0 Å². The molecule has 2 N–H and O–H groups in total. The van der Waals surface area contributed by atoms with E-state index in [9.17, 15) is 0 Å². The lowest BCUT2D eigenvalue weighted by molar-refractivity contribution is 0.383. The minimum atomic E-state index is -1.63. The second-order valence-corrected chi connectivity index (χ2v) is 2.37. The van der Waals surface area contributed by atoms with Crippen molar-refractivity contribution in [2.75, 3.05) is 0 Å². The van der Waals surface area contributed by atoms with Gasteiger partial charge in [0.15, 0.2) is 0 Å². The van der Waals surface area contributed by atoms with E-state index < -0.39 is 7.25 Å². The van der Waals surface area contributed by atoms with E-state index in [4.69, 9.17) is 10.0 Å². The Morgan fingerprint density at radius 1 is 1.25 bits per heavy atom. The molecule has 1 aromatic carbocycles. The maximum absolute atomic E-state index is 8.83. The number of hydrogen-bond donors (Lipinski definition) is 2. The summed E-state index contributed by atoms with van der Waals surface area (Å²) in [5, 5.41) is 24.9. The average molecular weight is 163 g/mol. The zero-order valence-electron chi connectivity index (χ0n) is 6.12. The van der Waals surface area contributed by atoms with E-state index in [-0.39, 0.29) is 0 Å². The van der Waals surface area contributed by atoms with Gasteiger partial charge in [-0.05, 0) is 12.1 Å². The van der Waals surface area contributed by atoms with Gasteiger partial charge >= 0.3 is 7.25 Å². The van der Waals surface area contributed by atoms with Crippen molar-refractivity contribution in [3.63, 3.8) is 0 Å². The Morgan fingerprint density at radius 3 is 2.75 bits per heavy atom. The molecule has 0 aliphatic heterocycles. The van der Waals surface area contributed by atoms with Crippen LogP contribution >= 0.6 is 0 Å². The predicted octanol–water partition coefficient (Wildman–Crippen LogP) is -0.751. The minimum Gasteiger partial charge on any atom is -0.406 e. The third-order valence-corrected chi connectivity index (χ3v) is 1.60. The van der Waals surface area contributed by atoms with Crippen molar-refractivity contribution in [2.24, 2.45) is 0 Å². The van der Waals surface area contributed by atoms with Crippen molar-refractivity contribution in [1.82, 2.24) is 14.9 Å². The lowest BCUT2D eigenvalue weighted by Crippen LogP contribution is -2.24. The zero-order chi connectivity index (χ0) is 8.55. The SMILES string of the molecule is OB(O)n1nnc2ccccc21. The number of rotatable bonds is 1. The molecule has 1 heterocycles. The van der Waals surface area contributed by atoms with Crippen LogP contribution in [0.4, 0.5) is 0 Å². The third-order valence-electron chi connectivity index (χ3n) is 1.60. The first-order valence-electron chi connectivity index (χ1n) is 3.45. The molecule has 0 unspecified atom stereocenters. The topological polar surface area (TPSA) is 71.2 Å². The Kier molecular flexibility index (Phi) is 1.56. The fourth-order valence-corrected chi connectivity index (χ4v) is 1.06. The van der Waals surface area contributed by atoms with Gasteiger partial charge in [0.05, 0.1) is 5.52 Å². The van der Waals surface area contributed by atoms with Gasteiger partial charge in [-0.15, -0.1) is 5.10 Å². The molecular formula is C6H6BN3O2. The Balaban J connectivity index is 2.70. The van der Waals surface area contributed by atoms with Crippen LogP contribution in [0.1, 0.15) is 0 Å². The number of aromatic nitrogens is 3. The number of fused-ring (bicyclic) bond motifs is 1. The molecule has 6 heteroatoms. The van der Waals surface area contributed by atoms with Gasteiger partial charge in [-0.1, -0.05) is 17.3 Å². The van der Waals surface area contributed by atoms with Gasteiger partial charge in [0.25, 0.3) is 0 Å². The van der Waals surface area contributed by atoms with Crippen molar-refractivity contribution in [3.05, 3.63) is 24.3 Å². The van der Waals surface area contributed by atoms with Crippen LogP contribution in [0.3, 0.4) is 0 Å². The van der Waals surface area contributed by atoms with Gasteiger partial charge in [0.2, 0.25) is 0 Å². The molecule has 5 nitrogen and oxygen atoms in total. The van der Waals surface area contributed by atoms with Crippen molar-refractivity contribution in [2.45, 2.75) is 0 Å². The summed E-state index contributed by atoms with van der Waals surface area (Å²) in [6.07, 6.45) is 0. The number of nitrogens with zero attached hydrogens (tertiary/aromatic N) is 3. The maximum atomic E-state index is 8.83. The summed E-state index contributed by atoms with van der Waals surface area (Å²) < 4.78 is 1.04. The second kappa shape index (κ2) is 2.58. The highest BCUT2D eigenvalue weighted by Crippen LogP contribution is 2.08. The van der Waals surface area contributed by atoms with Gasteiger partial charge in [-0.2, -0.15) is 0 Å². The molecule has 0 saturated carbocycles. The highest BCUT2D eigenvalue weighted by Gasteiger charge is 2.15. The molecule has 0 atom stereocenters. The highest BCUT2D eigenvalue weighted by atomic mass is 16.4. The van der Waals surface area contributed by atoms with Gasteiger partial charge < -0.3 is 10.0 Å². The summed E-state index contributed by atoms with van der Waals surface area (Å²) in [5.41, 5.74) is 1.25. The molecule has 0 saturated heterocycles. The van der Waals surface area contributed by atoms with Crippen LogP contribution in [-0.2, 0) is 0 Å². The number of para-hydroxylation sites is 1. The minimum absolute atomic E-state index is 0.604. The molecule has 0 spiro atoms. The van der Waals surface area contributed by atoms with Crippen LogP contribution in [0.2, 0.25) is 0 Å². The van der Waals surface area contributed by atoms with Crippen LogP contribution in [0, 0.1) is 0 Å². The lowest BCUT2D eigenvalue weighted by atomic mass is 10.1. The quantitative estimate of drug-likeness (QED) is 0.542. The van der Waals surface area contributed by atoms with E-state index in [1.807, 2.05) is 6.07 Å². The Bertz CT molecular complexity index is 400. The molecule has 12 heavy (non-hydrogen) atoms. The van der Waals surface area contributed by atoms with E-state index >= 15 is 0 Å². The van der Waals surface area contributed by atoms with E-state index in [0.717, 1.165) is 4.59 Å². The van der Waals surface area contributed by atoms with E-state index in [0.29, 0.717) is 11.0 Å². The van der Waals surface area contributed by atoms with Crippen LogP contribution in [-0.4, -0.2) is 32.2 Å². The van der Waals surface area contributed by atoms with Gasteiger partial charge in [0, 0.05) is 0 Å². The Hall–Kier alpha value is -1.40. The van der Waals surface area contributed by atoms with Crippen LogP contribution in [0.15, 0.2) is 24.3 Å². The van der Waals surface area contributed by atoms with Gasteiger partial charge in [0.1, 0.15) is 5.52 Å². The molecule has 2 aromatic rings. The van der Waals surface area contributed by atoms with Crippen molar-refractivity contribution < 1.29 is 10.0 Å². The molecule has 0 aliphatic rings. The largest absolute Gasteiger partial charge is 0.611 e. The molecule has 0 bridgehead atoms. The fourth-order valence-electron chi connectivity index (χ4n) is 1.06. The molecule has 0 fully saturated rings. The van der Waals surface area contributed by atoms with Gasteiger partial charge in [-0.25, -0.2) is 4.59 Å². The van der Waals surface area contributed by atoms with Crippen molar-refractivity contribution in [3.8, 4) is 0 Å². The average Bonchev–Trinajstić information content (AvgIpc) is 2.47. The number of benzene rings is 1. The molecule has 0 amide bonds. The van der Waals surface area contributed by atoms with Gasteiger partial charge in [-0.3, -0.25) is 0 Å². The predicted molar refractivity (Wildman–Crippen MR) is 43.1 cm³/mol. The summed E-state index contributed by atoms with van der Waals surface area (Å²) in [5.74, 6) is 0. The molecule has 2 rings (SSSR count). The standard InChI is InChI=1S/C6H6BN3O2/c11-7(12)10-6-4-2-1-3-5(6)8-9-10/h1-4,11-12H. The summed E-state index contributed by atoms with van der Waals surface area (Å²) in [6.45, 7) is 0. The smallest absolute Gasteiger partial charge is 0.406 e. The first-order chi connectivity index (χ1) is 5.79. The maximum Gasteiger partial charge on any atom is 0.611 e. The Morgan fingerprint density at radius 2 is 2.00 bits per heavy atom. The third kappa shape index (κ3) is 0.974. The summed E-state index contributed by atoms with van der Waals surface area (Å²) in [6, 6.07) is 7.06. The second-order valence-electron chi connectivity index (χ2n) is 2.37. The van der Waals surface area contributed by atoms with Crippen molar-refractivity contribution in [1.29, 1.82) is 0 Å². The first kappa shape index (κ1) is 7.26. The summed E-state index contributed by atoms with van der Waals surface area (Å²) in [7, 11) is -1.63. The normalized spacial score (nSPS) is 10.5. The summed E-state index contributed by atoms with van der Waals surface area (Å²) >= 11 is 0. The molecule has 60 valence electrons. The van der Waals surface area contributed by atoms with Crippen molar-refractivity contribution >= 4 is 18.3 Å². The van der Waals surface area contributed by atoms with E-state index in [1.165, 1.54) is 0 Å². The fraction of sp³-hybridized carbons (Fsp3) is 0. The molecule has 0 radical (unpaired) electrons. The van der Waals surface area contributed by atoms with Crippen LogP contribution < -0.4 is 0 Å². The lowest BCUT2D eigenvalue weighted by Gasteiger charge is -1.96. The summed E-state index contributed by atoms with van der Waals surface area (Å²) in [4.78, 5) is 0. The first-order valence-corrected chi connectivity index (χ1v) is 3.45. The highest BCUT2D eigenvalue weighted by molar-refractivity contribution is 6.40. The Labute approximate surface area is 68.4 Å². The van der Waals surface area contributed by atoms with Crippen LogP contribution in [0.25, 0.3) is 11.0 Å². The molecule has 0 aliphatic carbocycles. The monoisotopic (exact) mass is 163 g/mol. The molecule has 1 aromatic heterocycles. The van der Waals surface area contributed by atoms with E-state index in [1.54, 1.807) is 18.2 Å².